The SMILES string of the molecule is CCCC(C)C(CNC(C)C)c1ccc2c(c1)OCCO2. The maximum atomic E-state index is 5.73. The summed E-state index contributed by atoms with van der Waals surface area (Å²) in [7, 11) is 0. The highest BCUT2D eigenvalue weighted by molar-refractivity contribution is 5.45. The standard InChI is InChI=1S/C18H29NO2/c1-5-6-14(4)16(12-19-13(2)3)15-7-8-17-18(11-15)21-10-9-20-17/h7-8,11,13-14,16,19H,5-6,9-10,12H2,1-4H3. The van der Waals surface area contributed by atoms with Crippen LogP contribution in [0, 0.1) is 5.92 Å². The summed E-state index contributed by atoms with van der Waals surface area (Å²) in [6, 6.07) is 6.95. The Balaban J connectivity index is 2.18. The molecule has 3 heteroatoms. The zero-order chi connectivity index (χ0) is 15.2. The van der Waals surface area contributed by atoms with Gasteiger partial charge in [-0.25, -0.2) is 0 Å². The van der Waals surface area contributed by atoms with Crippen molar-refractivity contribution in [3.63, 3.8) is 0 Å². The summed E-state index contributed by atoms with van der Waals surface area (Å²) < 4.78 is 11.4. The largest absolute Gasteiger partial charge is 0.486 e. The summed E-state index contributed by atoms with van der Waals surface area (Å²) in [6.45, 7) is 11.3. The van der Waals surface area contributed by atoms with Crippen LogP contribution < -0.4 is 14.8 Å². The maximum Gasteiger partial charge on any atom is 0.161 e. The van der Waals surface area contributed by atoms with Crippen LogP contribution in [-0.2, 0) is 0 Å². The Hall–Kier alpha value is -1.22. The lowest BCUT2D eigenvalue weighted by Gasteiger charge is -2.27. The molecule has 0 spiro atoms. The van der Waals surface area contributed by atoms with Gasteiger partial charge in [0.1, 0.15) is 13.2 Å². The molecule has 0 saturated carbocycles. The van der Waals surface area contributed by atoms with Crippen LogP contribution in [0.5, 0.6) is 11.5 Å². The molecule has 1 aliphatic rings. The Labute approximate surface area is 129 Å². The number of nitrogens with one attached hydrogen (secondary N) is 1. The zero-order valence-electron chi connectivity index (χ0n) is 13.8. The second-order valence-corrected chi connectivity index (χ2v) is 6.34. The lowest BCUT2D eigenvalue weighted by molar-refractivity contribution is 0.171. The molecule has 0 saturated heterocycles. The molecule has 0 fully saturated rings. The third-order valence-corrected chi connectivity index (χ3v) is 4.17. The molecule has 0 bridgehead atoms. The second kappa shape index (κ2) is 7.69. The molecule has 1 aliphatic heterocycles. The van der Waals surface area contributed by atoms with Crippen LogP contribution in [0.25, 0.3) is 0 Å². The topological polar surface area (TPSA) is 30.5 Å². The van der Waals surface area contributed by atoms with E-state index in [2.05, 4.69) is 51.2 Å². The molecule has 0 radical (unpaired) electrons. The quantitative estimate of drug-likeness (QED) is 0.824. The molecule has 1 aromatic carbocycles. The fraction of sp³-hybridized carbons (Fsp3) is 0.667. The Bertz CT molecular complexity index is 445. The van der Waals surface area contributed by atoms with Crippen LogP contribution in [-0.4, -0.2) is 25.8 Å². The van der Waals surface area contributed by atoms with Gasteiger partial charge in [-0.05, 0) is 29.5 Å². The summed E-state index contributed by atoms with van der Waals surface area (Å²) in [5.74, 6) is 2.95. The molecule has 0 aliphatic carbocycles. The van der Waals surface area contributed by atoms with Crippen molar-refractivity contribution in [1.82, 2.24) is 5.32 Å². The van der Waals surface area contributed by atoms with Gasteiger partial charge in [0.2, 0.25) is 0 Å². The Kier molecular flexibility index (Phi) is 5.92. The van der Waals surface area contributed by atoms with Gasteiger partial charge in [-0.1, -0.05) is 46.6 Å². The first-order valence-corrected chi connectivity index (χ1v) is 8.24. The number of fused-ring (bicyclic) bond motifs is 1. The van der Waals surface area contributed by atoms with Crippen molar-refractivity contribution in [2.24, 2.45) is 5.92 Å². The average Bonchev–Trinajstić information content (AvgIpc) is 2.47. The summed E-state index contributed by atoms with van der Waals surface area (Å²) >= 11 is 0. The first-order chi connectivity index (χ1) is 10.1. The summed E-state index contributed by atoms with van der Waals surface area (Å²) in [5, 5.41) is 3.59. The predicted molar refractivity (Wildman–Crippen MR) is 87.4 cm³/mol. The monoisotopic (exact) mass is 291 g/mol. The maximum absolute atomic E-state index is 5.73. The highest BCUT2D eigenvalue weighted by Gasteiger charge is 2.21. The van der Waals surface area contributed by atoms with Gasteiger partial charge >= 0.3 is 0 Å². The minimum atomic E-state index is 0.513. The summed E-state index contributed by atoms with van der Waals surface area (Å²) in [4.78, 5) is 0. The van der Waals surface area contributed by atoms with Gasteiger partial charge in [-0.3, -0.25) is 0 Å². The van der Waals surface area contributed by atoms with Crippen LogP contribution in [0.15, 0.2) is 18.2 Å². The van der Waals surface area contributed by atoms with E-state index < -0.39 is 0 Å². The number of ether oxygens (including phenoxy) is 2. The Morgan fingerprint density at radius 1 is 1.10 bits per heavy atom. The first kappa shape index (κ1) is 16.2. The van der Waals surface area contributed by atoms with E-state index in [0.29, 0.717) is 31.1 Å². The van der Waals surface area contributed by atoms with Gasteiger partial charge in [-0.15, -0.1) is 0 Å². The molecular formula is C18H29NO2. The minimum absolute atomic E-state index is 0.513. The molecular weight excluding hydrogens is 262 g/mol. The normalized spacial score (nSPS) is 16.8. The van der Waals surface area contributed by atoms with Crippen molar-refractivity contribution < 1.29 is 9.47 Å². The molecule has 2 rings (SSSR count). The molecule has 0 amide bonds. The number of hydrogen-bond acceptors (Lipinski definition) is 3. The van der Waals surface area contributed by atoms with Crippen molar-refractivity contribution in [1.29, 1.82) is 0 Å². The lowest BCUT2D eigenvalue weighted by Crippen LogP contribution is -2.30. The van der Waals surface area contributed by atoms with Crippen molar-refractivity contribution >= 4 is 0 Å². The number of rotatable bonds is 7. The molecule has 0 aromatic heterocycles. The molecule has 2 atom stereocenters. The van der Waals surface area contributed by atoms with Crippen LogP contribution >= 0.6 is 0 Å². The van der Waals surface area contributed by atoms with Gasteiger partial charge in [0, 0.05) is 12.6 Å². The smallest absolute Gasteiger partial charge is 0.161 e. The van der Waals surface area contributed by atoms with Crippen LogP contribution in [0.3, 0.4) is 0 Å². The molecule has 3 nitrogen and oxygen atoms in total. The molecule has 1 aromatic rings. The number of benzene rings is 1. The van der Waals surface area contributed by atoms with E-state index >= 15 is 0 Å². The predicted octanol–water partition coefficient (Wildman–Crippen LogP) is 3.98. The average molecular weight is 291 g/mol. The van der Waals surface area contributed by atoms with Crippen LogP contribution in [0.2, 0.25) is 0 Å². The van der Waals surface area contributed by atoms with E-state index in [0.717, 1.165) is 18.0 Å². The van der Waals surface area contributed by atoms with Gasteiger partial charge < -0.3 is 14.8 Å². The molecule has 2 unspecified atom stereocenters. The van der Waals surface area contributed by atoms with E-state index in [4.69, 9.17) is 9.47 Å². The van der Waals surface area contributed by atoms with E-state index in [1.54, 1.807) is 0 Å². The van der Waals surface area contributed by atoms with E-state index in [-0.39, 0.29) is 0 Å². The molecule has 21 heavy (non-hydrogen) atoms. The zero-order valence-corrected chi connectivity index (χ0v) is 13.8. The fourth-order valence-corrected chi connectivity index (χ4v) is 2.96. The third kappa shape index (κ3) is 4.37. The first-order valence-electron chi connectivity index (χ1n) is 8.24. The number of hydrogen-bond donors (Lipinski definition) is 1. The van der Waals surface area contributed by atoms with Crippen LogP contribution in [0.1, 0.15) is 52.0 Å². The third-order valence-electron chi connectivity index (χ3n) is 4.17. The van der Waals surface area contributed by atoms with Crippen molar-refractivity contribution in [2.75, 3.05) is 19.8 Å². The van der Waals surface area contributed by atoms with E-state index in [1.165, 1.54) is 18.4 Å². The van der Waals surface area contributed by atoms with Gasteiger partial charge in [0.15, 0.2) is 11.5 Å². The molecule has 1 N–H and O–H groups in total. The Morgan fingerprint density at radius 2 is 1.81 bits per heavy atom. The molecule has 1 heterocycles. The molecule has 118 valence electrons. The van der Waals surface area contributed by atoms with Crippen molar-refractivity contribution in [3.8, 4) is 11.5 Å². The van der Waals surface area contributed by atoms with Gasteiger partial charge in [0.25, 0.3) is 0 Å². The highest BCUT2D eigenvalue weighted by atomic mass is 16.6. The van der Waals surface area contributed by atoms with Gasteiger partial charge in [-0.2, -0.15) is 0 Å². The van der Waals surface area contributed by atoms with E-state index in [1.807, 2.05) is 0 Å². The summed E-state index contributed by atoms with van der Waals surface area (Å²) in [5.41, 5.74) is 1.35. The van der Waals surface area contributed by atoms with Crippen LogP contribution in [0.4, 0.5) is 0 Å². The lowest BCUT2D eigenvalue weighted by atomic mass is 9.84. The van der Waals surface area contributed by atoms with Crippen molar-refractivity contribution in [3.05, 3.63) is 23.8 Å². The summed E-state index contributed by atoms with van der Waals surface area (Å²) in [6.07, 6.45) is 2.47. The Morgan fingerprint density at radius 3 is 2.48 bits per heavy atom. The highest BCUT2D eigenvalue weighted by Crippen LogP contribution is 2.36. The second-order valence-electron chi connectivity index (χ2n) is 6.34. The van der Waals surface area contributed by atoms with Crippen molar-refractivity contribution in [2.45, 2.75) is 52.5 Å². The van der Waals surface area contributed by atoms with Gasteiger partial charge in [0.05, 0.1) is 0 Å². The van der Waals surface area contributed by atoms with E-state index in [9.17, 15) is 0 Å². The fourth-order valence-electron chi connectivity index (χ4n) is 2.96. The minimum Gasteiger partial charge on any atom is -0.486 e.